The molecule has 0 aromatic heterocycles. The van der Waals surface area contributed by atoms with Crippen LogP contribution in [0, 0.1) is 5.92 Å². The zero-order valence-electron chi connectivity index (χ0n) is 16.0. The van der Waals surface area contributed by atoms with Crippen LogP contribution in [-0.4, -0.2) is 75.8 Å². The zero-order chi connectivity index (χ0) is 22.0. The lowest BCUT2D eigenvalue weighted by Crippen LogP contribution is -2.57. The van der Waals surface area contributed by atoms with Crippen LogP contribution in [0.25, 0.3) is 0 Å². The summed E-state index contributed by atoms with van der Waals surface area (Å²) < 4.78 is 0. The number of aliphatic carboxylic acids is 2. The second kappa shape index (κ2) is 11.9. The highest BCUT2D eigenvalue weighted by molar-refractivity contribution is 5.93. The molecule has 0 aromatic carbocycles. The SMILES string of the molecule is CCC(C)C(NC(=O)CNC(=O)C(NC(=O)C(N)CC(=O)O)C(C)O)C(=O)O. The number of carbonyl (C=O) groups excluding carboxylic acids is 3. The Morgan fingerprint density at radius 1 is 0.964 bits per heavy atom. The van der Waals surface area contributed by atoms with Crippen molar-refractivity contribution in [1.29, 1.82) is 0 Å². The topological polar surface area (TPSA) is 208 Å². The third-order valence-electron chi connectivity index (χ3n) is 4.01. The van der Waals surface area contributed by atoms with Gasteiger partial charge in [-0.1, -0.05) is 20.3 Å². The van der Waals surface area contributed by atoms with Crippen molar-refractivity contribution >= 4 is 29.7 Å². The van der Waals surface area contributed by atoms with Crippen LogP contribution in [0.15, 0.2) is 0 Å². The van der Waals surface area contributed by atoms with Crippen molar-refractivity contribution in [2.75, 3.05) is 6.54 Å². The Labute approximate surface area is 161 Å². The average Bonchev–Trinajstić information content (AvgIpc) is 2.59. The van der Waals surface area contributed by atoms with E-state index in [2.05, 4.69) is 16.0 Å². The first-order chi connectivity index (χ1) is 12.9. The van der Waals surface area contributed by atoms with Crippen molar-refractivity contribution < 1.29 is 39.3 Å². The fourth-order valence-electron chi connectivity index (χ4n) is 2.13. The molecule has 28 heavy (non-hydrogen) atoms. The molecular formula is C16H28N4O8. The molecule has 0 bridgehead atoms. The molecule has 12 nitrogen and oxygen atoms in total. The lowest BCUT2D eigenvalue weighted by atomic mass is 9.99. The molecule has 3 amide bonds. The quantitative estimate of drug-likeness (QED) is 0.181. The number of hydrogen-bond donors (Lipinski definition) is 7. The summed E-state index contributed by atoms with van der Waals surface area (Å²) in [5, 5.41) is 34.0. The predicted molar refractivity (Wildman–Crippen MR) is 95.9 cm³/mol. The van der Waals surface area contributed by atoms with Gasteiger partial charge in [-0.05, 0) is 12.8 Å². The summed E-state index contributed by atoms with van der Waals surface area (Å²) in [5.41, 5.74) is 5.39. The van der Waals surface area contributed by atoms with Gasteiger partial charge < -0.3 is 37.0 Å². The smallest absolute Gasteiger partial charge is 0.326 e. The summed E-state index contributed by atoms with van der Waals surface area (Å²) in [5.74, 6) is -5.51. The molecule has 0 aromatic rings. The molecule has 0 rings (SSSR count). The Morgan fingerprint density at radius 2 is 1.54 bits per heavy atom. The minimum absolute atomic E-state index is 0.336. The lowest BCUT2D eigenvalue weighted by molar-refractivity contribution is -0.143. The van der Waals surface area contributed by atoms with E-state index in [1.807, 2.05) is 0 Å². The second-order valence-corrected chi connectivity index (χ2v) is 6.42. The highest BCUT2D eigenvalue weighted by Crippen LogP contribution is 2.07. The molecule has 5 unspecified atom stereocenters. The number of amides is 3. The molecule has 0 radical (unpaired) electrons. The number of hydrogen-bond acceptors (Lipinski definition) is 7. The standard InChI is InChI=1S/C16H28N4O8/c1-4-7(2)12(16(27)28)19-10(22)6-18-15(26)13(8(3)21)20-14(25)9(17)5-11(23)24/h7-9,12-13,21H,4-6,17H2,1-3H3,(H,18,26)(H,19,22)(H,20,25)(H,23,24)(H,27,28). The summed E-state index contributed by atoms with van der Waals surface area (Å²) in [6.45, 7) is 4.03. The number of nitrogens with two attached hydrogens (primary N) is 1. The van der Waals surface area contributed by atoms with E-state index in [1.54, 1.807) is 13.8 Å². The molecule has 0 fully saturated rings. The van der Waals surface area contributed by atoms with E-state index in [4.69, 9.17) is 15.9 Å². The van der Waals surface area contributed by atoms with Crippen LogP contribution < -0.4 is 21.7 Å². The van der Waals surface area contributed by atoms with Crippen LogP contribution in [0.5, 0.6) is 0 Å². The second-order valence-electron chi connectivity index (χ2n) is 6.42. The van der Waals surface area contributed by atoms with Crippen molar-refractivity contribution in [3.05, 3.63) is 0 Å². The van der Waals surface area contributed by atoms with Crippen LogP contribution in [0.1, 0.15) is 33.6 Å². The molecule has 160 valence electrons. The monoisotopic (exact) mass is 404 g/mol. The first-order valence-corrected chi connectivity index (χ1v) is 8.66. The molecule has 0 aliphatic carbocycles. The molecule has 0 saturated heterocycles. The molecular weight excluding hydrogens is 376 g/mol. The minimum Gasteiger partial charge on any atom is -0.481 e. The van der Waals surface area contributed by atoms with E-state index < -0.39 is 66.9 Å². The fraction of sp³-hybridized carbons (Fsp3) is 0.688. The number of carboxylic acid groups (broad SMARTS) is 2. The molecule has 12 heteroatoms. The maximum atomic E-state index is 12.1. The third-order valence-corrected chi connectivity index (χ3v) is 4.01. The van der Waals surface area contributed by atoms with E-state index in [0.29, 0.717) is 6.42 Å². The molecule has 0 aliphatic rings. The van der Waals surface area contributed by atoms with E-state index in [9.17, 15) is 29.1 Å². The summed E-state index contributed by atoms with van der Waals surface area (Å²) >= 11 is 0. The van der Waals surface area contributed by atoms with Gasteiger partial charge in [0.05, 0.1) is 25.1 Å². The number of rotatable bonds is 12. The van der Waals surface area contributed by atoms with Gasteiger partial charge in [-0.3, -0.25) is 19.2 Å². The normalized spacial score (nSPS) is 16.0. The molecule has 8 N–H and O–H groups in total. The average molecular weight is 404 g/mol. The van der Waals surface area contributed by atoms with E-state index in [1.165, 1.54) is 6.92 Å². The largest absolute Gasteiger partial charge is 0.481 e. The minimum atomic E-state index is -1.48. The number of carbonyl (C=O) groups is 5. The lowest BCUT2D eigenvalue weighted by Gasteiger charge is -2.23. The van der Waals surface area contributed by atoms with Crippen LogP contribution in [0.2, 0.25) is 0 Å². The molecule has 0 spiro atoms. The Morgan fingerprint density at radius 3 is 1.96 bits per heavy atom. The van der Waals surface area contributed by atoms with Crippen LogP contribution in [0.4, 0.5) is 0 Å². The first kappa shape index (κ1) is 25.3. The highest BCUT2D eigenvalue weighted by Gasteiger charge is 2.29. The van der Waals surface area contributed by atoms with E-state index in [-0.39, 0.29) is 5.92 Å². The molecule has 5 atom stereocenters. The first-order valence-electron chi connectivity index (χ1n) is 8.66. The van der Waals surface area contributed by atoms with Gasteiger partial charge in [0.25, 0.3) is 0 Å². The van der Waals surface area contributed by atoms with Crippen LogP contribution in [-0.2, 0) is 24.0 Å². The van der Waals surface area contributed by atoms with Crippen LogP contribution in [0.3, 0.4) is 0 Å². The van der Waals surface area contributed by atoms with Gasteiger partial charge in [-0.2, -0.15) is 0 Å². The van der Waals surface area contributed by atoms with Gasteiger partial charge in [0, 0.05) is 0 Å². The summed E-state index contributed by atoms with van der Waals surface area (Å²) in [6.07, 6.45) is -1.53. The van der Waals surface area contributed by atoms with Crippen molar-refractivity contribution in [2.24, 2.45) is 11.7 Å². The zero-order valence-corrected chi connectivity index (χ0v) is 16.0. The van der Waals surface area contributed by atoms with Gasteiger partial charge >= 0.3 is 11.9 Å². The summed E-state index contributed by atoms with van der Waals surface area (Å²) in [6, 6.07) is -4.04. The summed E-state index contributed by atoms with van der Waals surface area (Å²) in [7, 11) is 0. The maximum Gasteiger partial charge on any atom is 0.326 e. The Balaban J connectivity index is 4.81. The van der Waals surface area contributed by atoms with Crippen LogP contribution >= 0.6 is 0 Å². The van der Waals surface area contributed by atoms with Crippen molar-refractivity contribution in [1.82, 2.24) is 16.0 Å². The number of carboxylic acids is 2. The molecule has 0 aliphatic heterocycles. The maximum absolute atomic E-state index is 12.1. The Bertz CT molecular complexity index is 595. The van der Waals surface area contributed by atoms with Gasteiger partial charge in [0.2, 0.25) is 17.7 Å². The molecule has 0 heterocycles. The van der Waals surface area contributed by atoms with Crippen molar-refractivity contribution in [2.45, 2.75) is 57.8 Å². The predicted octanol–water partition coefficient (Wildman–Crippen LogP) is -2.61. The van der Waals surface area contributed by atoms with Crippen molar-refractivity contribution in [3.8, 4) is 0 Å². The van der Waals surface area contributed by atoms with Gasteiger partial charge in [0.15, 0.2) is 0 Å². The Kier molecular flexibility index (Phi) is 10.7. The highest BCUT2D eigenvalue weighted by atomic mass is 16.4. The van der Waals surface area contributed by atoms with Gasteiger partial charge in [-0.15, -0.1) is 0 Å². The number of nitrogens with one attached hydrogen (secondary N) is 3. The number of aliphatic hydroxyl groups is 1. The van der Waals surface area contributed by atoms with Crippen molar-refractivity contribution in [3.63, 3.8) is 0 Å². The van der Waals surface area contributed by atoms with Gasteiger partial charge in [-0.25, -0.2) is 4.79 Å². The van der Waals surface area contributed by atoms with Gasteiger partial charge in [0.1, 0.15) is 12.1 Å². The summed E-state index contributed by atoms with van der Waals surface area (Å²) in [4.78, 5) is 57.6. The van der Waals surface area contributed by atoms with E-state index in [0.717, 1.165) is 0 Å². The fourth-order valence-corrected chi connectivity index (χ4v) is 2.13. The molecule has 0 saturated carbocycles. The third kappa shape index (κ3) is 8.77. The number of aliphatic hydroxyl groups excluding tert-OH is 1. The van der Waals surface area contributed by atoms with E-state index >= 15 is 0 Å². The Hall–Kier alpha value is -2.73.